The Morgan fingerprint density at radius 1 is 1.20 bits per heavy atom. The summed E-state index contributed by atoms with van der Waals surface area (Å²) in [5, 5.41) is 0. The van der Waals surface area contributed by atoms with Gasteiger partial charge < -0.3 is 14.5 Å². The minimum absolute atomic E-state index is 0.184. The molecule has 2 fully saturated rings. The second-order valence-corrected chi connectivity index (χ2v) is 8.05. The molecule has 0 bridgehead atoms. The topological polar surface area (TPSA) is 61.8 Å². The van der Waals surface area contributed by atoms with Crippen LogP contribution in [-0.2, 0) is 9.53 Å². The van der Waals surface area contributed by atoms with Crippen LogP contribution in [0.5, 0.6) is 0 Å². The van der Waals surface area contributed by atoms with E-state index in [-0.39, 0.29) is 17.8 Å². The minimum Gasteiger partial charge on any atom is -0.369 e. The van der Waals surface area contributed by atoms with E-state index < -0.39 is 0 Å². The van der Waals surface area contributed by atoms with Gasteiger partial charge in [-0.15, -0.1) is 0 Å². The van der Waals surface area contributed by atoms with Crippen molar-refractivity contribution < 1.29 is 13.9 Å². The summed E-state index contributed by atoms with van der Waals surface area (Å²) < 4.78 is 19.5. The number of rotatable bonds is 5. The van der Waals surface area contributed by atoms with E-state index in [1.54, 1.807) is 18.3 Å². The van der Waals surface area contributed by atoms with Crippen molar-refractivity contribution in [2.24, 2.45) is 0 Å². The highest BCUT2D eigenvalue weighted by molar-refractivity contribution is 5.78. The van der Waals surface area contributed by atoms with E-state index in [0.717, 1.165) is 42.8 Å². The molecule has 0 radical (unpaired) electrons. The molecule has 0 aliphatic carbocycles. The van der Waals surface area contributed by atoms with Crippen molar-refractivity contribution in [2.45, 2.75) is 18.9 Å². The van der Waals surface area contributed by atoms with E-state index in [4.69, 9.17) is 9.72 Å². The molecule has 2 aliphatic heterocycles. The monoisotopic (exact) mass is 413 g/mol. The summed E-state index contributed by atoms with van der Waals surface area (Å²) in [5.41, 5.74) is 2.42. The minimum atomic E-state index is -0.286. The largest absolute Gasteiger partial charge is 0.369 e. The van der Waals surface area contributed by atoms with Crippen LogP contribution in [0.25, 0.3) is 11.1 Å². The summed E-state index contributed by atoms with van der Waals surface area (Å²) >= 11 is 0. The second-order valence-electron chi connectivity index (χ2n) is 8.05. The van der Waals surface area contributed by atoms with Crippen LogP contribution in [-0.4, -0.2) is 79.1 Å². The zero-order valence-electron chi connectivity index (χ0n) is 17.6. The number of anilines is 1. The smallest absolute Gasteiger partial charge is 0.236 e. The number of morpholine rings is 1. The number of benzene rings is 1. The lowest BCUT2D eigenvalue weighted by Gasteiger charge is -2.34. The van der Waals surface area contributed by atoms with Crippen molar-refractivity contribution in [3.05, 3.63) is 42.0 Å². The van der Waals surface area contributed by atoms with Gasteiger partial charge in [0.15, 0.2) is 0 Å². The van der Waals surface area contributed by atoms with Gasteiger partial charge in [0.05, 0.1) is 18.8 Å². The highest BCUT2D eigenvalue weighted by Crippen LogP contribution is 2.31. The molecule has 0 spiro atoms. The predicted molar refractivity (Wildman–Crippen MR) is 113 cm³/mol. The van der Waals surface area contributed by atoms with Crippen molar-refractivity contribution in [3.8, 4) is 11.1 Å². The van der Waals surface area contributed by atoms with E-state index in [9.17, 15) is 9.18 Å². The number of hydrogen-bond donors (Lipinski definition) is 0. The predicted octanol–water partition coefficient (Wildman–Crippen LogP) is 2.34. The Morgan fingerprint density at radius 3 is 2.63 bits per heavy atom. The molecule has 8 heteroatoms. The fourth-order valence-electron chi connectivity index (χ4n) is 3.97. The SMILES string of the molecule is CN(C)c1ncc(-c2ccc(F)cc2)c([C@H]2CN(CC(=O)N3CCCC3)CCO2)n1. The molecule has 1 aromatic carbocycles. The first-order chi connectivity index (χ1) is 14.5. The Labute approximate surface area is 176 Å². The summed E-state index contributed by atoms with van der Waals surface area (Å²) in [5.74, 6) is 0.486. The van der Waals surface area contributed by atoms with Crippen molar-refractivity contribution >= 4 is 11.9 Å². The Balaban J connectivity index is 1.58. The number of hydrogen-bond acceptors (Lipinski definition) is 6. The Kier molecular flexibility index (Phi) is 6.24. The Morgan fingerprint density at radius 2 is 1.93 bits per heavy atom. The first kappa shape index (κ1) is 20.7. The van der Waals surface area contributed by atoms with Gasteiger partial charge in [-0.3, -0.25) is 9.69 Å². The van der Waals surface area contributed by atoms with Crippen LogP contribution in [0, 0.1) is 5.82 Å². The maximum absolute atomic E-state index is 13.4. The van der Waals surface area contributed by atoms with E-state index in [1.807, 2.05) is 23.9 Å². The molecule has 30 heavy (non-hydrogen) atoms. The second kappa shape index (κ2) is 9.06. The maximum Gasteiger partial charge on any atom is 0.236 e. The van der Waals surface area contributed by atoms with Gasteiger partial charge in [-0.25, -0.2) is 14.4 Å². The normalized spacial score (nSPS) is 19.8. The molecule has 0 unspecified atom stereocenters. The first-order valence-corrected chi connectivity index (χ1v) is 10.4. The number of nitrogens with zero attached hydrogens (tertiary/aromatic N) is 5. The summed E-state index contributed by atoms with van der Waals surface area (Å²) in [6.45, 7) is 3.95. The van der Waals surface area contributed by atoms with Gasteiger partial charge in [0.1, 0.15) is 11.9 Å². The molecule has 3 heterocycles. The lowest BCUT2D eigenvalue weighted by atomic mass is 10.0. The van der Waals surface area contributed by atoms with Crippen molar-refractivity contribution in [1.29, 1.82) is 0 Å². The summed E-state index contributed by atoms with van der Waals surface area (Å²) in [7, 11) is 3.78. The van der Waals surface area contributed by atoms with Gasteiger partial charge >= 0.3 is 0 Å². The molecule has 2 saturated heterocycles. The Hall–Kier alpha value is -2.58. The van der Waals surface area contributed by atoms with E-state index in [2.05, 4.69) is 9.88 Å². The quantitative estimate of drug-likeness (QED) is 0.750. The van der Waals surface area contributed by atoms with Crippen molar-refractivity contribution in [2.75, 3.05) is 58.3 Å². The fourth-order valence-corrected chi connectivity index (χ4v) is 3.97. The highest BCUT2D eigenvalue weighted by Gasteiger charge is 2.29. The summed E-state index contributed by atoms with van der Waals surface area (Å²) in [4.78, 5) is 27.7. The summed E-state index contributed by atoms with van der Waals surface area (Å²) in [6.07, 6.45) is 3.66. The Bertz CT molecular complexity index is 884. The average Bonchev–Trinajstić information content (AvgIpc) is 3.29. The number of carbonyl (C=O) groups is 1. The average molecular weight is 413 g/mol. The van der Waals surface area contributed by atoms with E-state index in [0.29, 0.717) is 32.2 Å². The molecule has 0 saturated carbocycles. The van der Waals surface area contributed by atoms with Crippen molar-refractivity contribution in [1.82, 2.24) is 19.8 Å². The molecule has 2 aliphatic rings. The van der Waals surface area contributed by atoms with Crippen LogP contribution in [0.4, 0.5) is 10.3 Å². The number of ether oxygens (including phenoxy) is 1. The van der Waals surface area contributed by atoms with Gasteiger partial charge in [0, 0.05) is 52.0 Å². The third-order valence-corrected chi connectivity index (χ3v) is 5.63. The van der Waals surface area contributed by atoms with Gasteiger partial charge in [-0.05, 0) is 30.5 Å². The van der Waals surface area contributed by atoms with Gasteiger partial charge in [-0.1, -0.05) is 12.1 Å². The molecule has 0 N–H and O–H groups in total. The molecule has 7 nitrogen and oxygen atoms in total. The highest BCUT2D eigenvalue weighted by atomic mass is 19.1. The summed E-state index contributed by atoms with van der Waals surface area (Å²) in [6, 6.07) is 6.32. The van der Waals surface area contributed by atoms with Gasteiger partial charge in [0.25, 0.3) is 0 Å². The van der Waals surface area contributed by atoms with Gasteiger partial charge in [-0.2, -0.15) is 0 Å². The fraction of sp³-hybridized carbons (Fsp3) is 0.500. The van der Waals surface area contributed by atoms with E-state index in [1.165, 1.54) is 12.1 Å². The number of halogens is 1. The number of likely N-dealkylation sites (tertiary alicyclic amines) is 1. The third kappa shape index (κ3) is 4.60. The van der Waals surface area contributed by atoms with Gasteiger partial charge in [0.2, 0.25) is 11.9 Å². The van der Waals surface area contributed by atoms with Crippen LogP contribution >= 0.6 is 0 Å². The molecule has 1 aromatic heterocycles. The van der Waals surface area contributed by atoms with Crippen LogP contribution in [0.15, 0.2) is 30.5 Å². The first-order valence-electron chi connectivity index (χ1n) is 10.4. The zero-order valence-corrected chi connectivity index (χ0v) is 17.6. The van der Waals surface area contributed by atoms with Crippen molar-refractivity contribution in [3.63, 3.8) is 0 Å². The lowest BCUT2D eigenvalue weighted by Crippen LogP contribution is -2.45. The maximum atomic E-state index is 13.4. The van der Waals surface area contributed by atoms with Crippen LogP contribution < -0.4 is 4.90 Å². The van der Waals surface area contributed by atoms with E-state index >= 15 is 0 Å². The van der Waals surface area contributed by atoms with Crippen LogP contribution in [0.1, 0.15) is 24.6 Å². The zero-order chi connectivity index (χ0) is 21.1. The van der Waals surface area contributed by atoms with Crippen LogP contribution in [0.3, 0.4) is 0 Å². The molecule has 2 aromatic rings. The molecule has 1 atom stereocenters. The number of aromatic nitrogens is 2. The standard InChI is InChI=1S/C22H28FN5O2/c1-26(2)22-24-13-18(16-5-7-17(23)8-6-16)21(25-22)19-14-27(11-12-30-19)15-20(29)28-9-3-4-10-28/h5-8,13,19H,3-4,9-12,14-15H2,1-2H3/t19-/m1/s1. The lowest BCUT2D eigenvalue weighted by molar-refractivity contribution is -0.133. The molecule has 160 valence electrons. The van der Waals surface area contributed by atoms with Crippen LogP contribution in [0.2, 0.25) is 0 Å². The molecular weight excluding hydrogens is 385 g/mol. The number of amides is 1. The molecule has 1 amide bonds. The molecule has 4 rings (SSSR count). The molecular formula is C22H28FN5O2. The third-order valence-electron chi connectivity index (χ3n) is 5.63. The number of carbonyl (C=O) groups excluding carboxylic acids is 1.